The van der Waals surface area contributed by atoms with Crippen LogP contribution in [-0.2, 0) is 0 Å². The summed E-state index contributed by atoms with van der Waals surface area (Å²) in [6.45, 7) is 3.28. The summed E-state index contributed by atoms with van der Waals surface area (Å²) in [5, 5.41) is 3.74. The number of unbranched alkanes of at least 4 members (excludes halogenated alkanes) is 2. The van der Waals surface area contributed by atoms with Crippen molar-refractivity contribution in [3.63, 3.8) is 0 Å². The van der Waals surface area contributed by atoms with Crippen molar-refractivity contribution in [1.29, 1.82) is 0 Å². The number of para-hydroxylation sites is 1. The Balaban J connectivity index is 1.45. The maximum absolute atomic E-state index is 13.7. The number of anilines is 3. The van der Waals surface area contributed by atoms with Crippen LogP contribution in [0.4, 0.5) is 31.7 Å². The summed E-state index contributed by atoms with van der Waals surface area (Å²) >= 11 is 0. The standard InChI is InChI=1S/C26H30F2N6O/c1-2-3-8-17-15-32-23-24(18-9-4-5-10-21(18)33-25(23)30)34(17)12-7-6-11-31-26(35)16-13-19(27)22(29)20(28)14-16/h4-5,9-10,13-15,17H,2-3,6-8,11-12,29H2,1H3,(H2,30,33)(H,31,35). The number of rotatable bonds is 9. The molecule has 7 nitrogen and oxygen atoms in total. The van der Waals surface area contributed by atoms with Crippen molar-refractivity contribution in [2.24, 2.45) is 4.99 Å². The van der Waals surface area contributed by atoms with Crippen molar-refractivity contribution in [2.45, 2.75) is 45.1 Å². The molecule has 2 heterocycles. The van der Waals surface area contributed by atoms with Crippen LogP contribution in [0.1, 0.15) is 49.4 Å². The van der Waals surface area contributed by atoms with Gasteiger partial charge in [-0.1, -0.05) is 38.0 Å². The fraction of sp³-hybridized carbons (Fsp3) is 0.346. The summed E-state index contributed by atoms with van der Waals surface area (Å²) in [5.41, 5.74) is 13.4. The SMILES string of the molecule is CCCCC1C=Nc2c(N)nc3ccccc3c2N1CCCCNC(=O)c1cc(F)c(N)c(F)c1. The van der Waals surface area contributed by atoms with E-state index in [4.69, 9.17) is 11.5 Å². The number of nitrogens with two attached hydrogens (primary N) is 2. The first-order valence-electron chi connectivity index (χ1n) is 11.9. The molecule has 1 aliphatic heterocycles. The molecular weight excluding hydrogens is 450 g/mol. The van der Waals surface area contributed by atoms with Crippen LogP contribution in [0, 0.1) is 11.6 Å². The maximum atomic E-state index is 13.7. The van der Waals surface area contributed by atoms with E-state index in [-0.39, 0.29) is 11.6 Å². The van der Waals surface area contributed by atoms with Gasteiger partial charge in [0.15, 0.2) is 5.82 Å². The van der Waals surface area contributed by atoms with E-state index in [1.807, 2.05) is 30.5 Å². The molecule has 0 spiro atoms. The number of nitrogens with one attached hydrogen (secondary N) is 1. The molecule has 2 aromatic carbocycles. The molecule has 0 fully saturated rings. The van der Waals surface area contributed by atoms with Crippen LogP contribution in [-0.4, -0.2) is 36.2 Å². The highest BCUT2D eigenvalue weighted by Gasteiger charge is 2.27. The molecule has 1 unspecified atom stereocenters. The van der Waals surface area contributed by atoms with Crippen LogP contribution >= 0.6 is 0 Å². The Hall–Kier alpha value is -3.75. The topological polar surface area (TPSA) is 110 Å². The molecule has 5 N–H and O–H groups in total. The van der Waals surface area contributed by atoms with Gasteiger partial charge in [0, 0.05) is 30.3 Å². The molecule has 1 aliphatic rings. The van der Waals surface area contributed by atoms with E-state index in [1.54, 1.807) is 0 Å². The lowest BCUT2D eigenvalue weighted by Gasteiger charge is -2.36. The Bertz CT molecular complexity index is 1240. The van der Waals surface area contributed by atoms with Crippen molar-refractivity contribution in [3.8, 4) is 0 Å². The number of fused-ring (bicyclic) bond motifs is 3. The number of hydrogen-bond donors (Lipinski definition) is 3. The molecule has 1 aromatic heterocycles. The number of nitrogens with zero attached hydrogens (tertiary/aromatic N) is 3. The summed E-state index contributed by atoms with van der Waals surface area (Å²) in [6, 6.07) is 9.93. The lowest BCUT2D eigenvalue weighted by Crippen LogP contribution is -2.39. The number of pyridine rings is 1. The minimum atomic E-state index is -0.945. The summed E-state index contributed by atoms with van der Waals surface area (Å²) in [6.07, 6.45) is 6.57. The van der Waals surface area contributed by atoms with Gasteiger partial charge in [-0.15, -0.1) is 0 Å². The number of aliphatic imine (C=N–C) groups is 1. The number of halogens is 2. The van der Waals surface area contributed by atoms with Gasteiger partial charge in [-0.2, -0.15) is 0 Å². The third kappa shape index (κ3) is 5.18. The van der Waals surface area contributed by atoms with E-state index in [0.717, 1.165) is 61.0 Å². The van der Waals surface area contributed by atoms with E-state index in [1.165, 1.54) is 0 Å². The minimum absolute atomic E-state index is 0.0931. The van der Waals surface area contributed by atoms with Crippen molar-refractivity contribution in [1.82, 2.24) is 10.3 Å². The first-order chi connectivity index (χ1) is 16.9. The Morgan fingerprint density at radius 1 is 1.11 bits per heavy atom. The zero-order valence-corrected chi connectivity index (χ0v) is 19.7. The van der Waals surface area contributed by atoms with Gasteiger partial charge in [-0.3, -0.25) is 9.79 Å². The van der Waals surface area contributed by atoms with Crippen LogP contribution in [0.25, 0.3) is 10.9 Å². The number of carbonyl (C=O) groups excluding carboxylic acids is 1. The largest absolute Gasteiger partial charge is 0.394 e. The molecule has 0 aliphatic carbocycles. The summed E-state index contributed by atoms with van der Waals surface area (Å²) in [4.78, 5) is 23.8. The number of benzene rings is 2. The molecule has 184 valence electrons. The van der Waals surface area contributed by atoms with Gasteiger partial charge in [0.2, 0.25) is 0 Å². The fourth-order valence-corrected chi connectivity index (χ4v) is 4.38. The average molecular weight is 481 g/mol. The highest BCUT2D eigenvalue weighted by molar-refractivity contribution is 6.04. The second kappa shape index (κ2) is 10.7. The van der Waals surface area contributed by atoms with Gasteiger partial charge in [0.25, 0.3) is 5.91 Å². The Morgan fingerprint density at radius 3 is 2.60 bits per heavy atom. The monoisotopic (exact) mass is 480 g/mol. The minimum Gasteiger partial charge on any atom is -0.394 e. The van der Waals surface area contributed by atoms with Crippen molar-refractivity contribution < 1.29 is 13.6 Å². The molecule has 1 amide bonds. The summed E-state index contributed by atoms with van der Waals surface area (Å²) < 4.78 is 27.3. The molecular formula is C26H30F2N6O. The van der Waals surface area contributed by atoms with Gasteiger partial charge >= 0.3 is 0 Å². The zero-order chi connectivity index (χ0) is 24.9. The maximum Gasteiger partial charge on any atom is 0.251 e. The van der Waals surface area contributed by atoms with Crippen molar-refractivity contribution >= 4 is 45.9 Å². The number of amides is 1. The Labute approximate surface area is 203 Å². The predicted molar refractivity (Wildman–Crippen MR) is 137 cm³/mol. The fourth-order valence-electron chi connectivity index (χ4n) is 4.38. The normalized spacial score (nSPS) is 14.8. The van der Waals surface area contributed by atoms with E-state index in [9.17, 15) is 13.6 Å². The molecule has 9 heteroatoms. The third-order valence-electron chi connectivity index (χ3n) is 6.24. The first kappa shape index (κ1) is 24.4. The van der Waals surface area contributed by atoms with Crippen LogP contribution in [0.5, 0.6) is 0 Å². The highest BCUT2D eigenvalue weighted by Crippen LogP contribution is 2.43. The lowest BCUT2D eigenvalue weighted by molar-refractivity contribution is 0.0952. The molecule has 4 rings (SSSR count). The van der Waals surface area contributed by atoms with Gasteiger partial charge in [0.1, 0.15) is 23.0 Å². The van der Waals surface area contributed by atoms with Gasteiger partial charge < -0.3 is 21.7 Å². The Morgan fingerprint density at radius 2 is 1.86 bits per heavy atom. The van der Waals surface area contributed by atoms with Gasteiger partial charge in [0.05, 0.1) is 17.2 Å². The van der Waals surface area contributed by atoms with Crippen LogP contribution in [0.15, 0.2) is 41.4 Å². The Kier molecular flexibility index (Phi) is 7.43. The van der Waals surface area contributed by atoms with Crippen molar-refractivity contribution in [2.75, 3.05) is 29.5 Å². The van der Waals surface area contributed by atoms with Gasteiger partial charge in [-0.25, -0.2) is 13.8 Å². The lowest BCUT2D eigenvalue weighted by atomic mass is 10.0. The summed E-state index contributed by atoms with van der Waals surface area (Å²) in [5.74, 6) is -2.02. The zero-order valence-electron chi connectivity index (χ0n) is 19.7. The number of carbonyl (C=O) groups is 1. The van der Waals surface area contributed by atoms with Crippen LogP contribution in [0.3, 0.4) is 0 Å². The van der Waals surface area contributed by atoms with Crippen LogP contribution < -0.4 is 21.7 Å². The second-order valence-corrected chi connectivity index (χ2v) is 8.71. The first-order valence-corrected chi connectivity index (χ1v) is 11.9. The molecule has 1 atom stereocenters. The van der Waals surface area contributed by atoms with E-state index >= 15 is 0 Å². The molecule has 3 aromatic rings. The van der Waals surface area contributed by atoms with Crippen molar-refractivity contribution in [3.05, 3.63) is 53.6 Å². The molecule has 0 saturated heterocycles. The highest BCUT2D eigenvalue weighted by atomic mass is 19.1. The second-order valence-electron chi connectivity index (χ2n) is 8.71. The number of aromatic nitrogens is 1. The summed E-state index contributed by atoms with van der Waals surface area (Å²) in [7, 11) is 0. The molecule has 0 saturated carbocycles. The number of nitrogen functional groups attached to an aromatic ring is 2. The third-order valence-corrected chi connectivity index (χ3v) is 6.24. The van der Waals surface area contributed by atoms with E-state index in [0.29, 0.717) is 24.5 Å². The molecule has 35 heavy (non-hydrogen) atoms. The van der Waals surface area contributed by atoms with E-state index in [2.05, 4.69) is 27.1 Å². The smallest absolute Gasteiger partial charge is 0.251 e. The number of hydrogen-bond acceptors (Lipinski definition) is 6. The van der Waals surface area contributed by atoms with Crippen LogP contribution in [0.2, 0.25) is 0 Å². The van der Waals surface area contributed by atoms with E-state index < -0.39 is 23.2 Å². The predicted octanol–water partition coefficient (Wildman–Crippen LogP) is 4.97. The quantitative estimate of drug-likeness (QED) is 0.296. The molecule has 0 radical (unpaired) electrons. The van der Waals surface area contributed by atoms with Gasteiger partial charge in [-0.05, 0) is 37.5 Å². The average Bonchev–Trinajstić information content (AvgIpc) is 2.85. The molecule has 0 bridgehead atoms.